The minimum atomic E-state index is -2.42. The van der Waals surface area contributed by atoms with E-state index in [-0.39, 0.29) is 5.57 Å². The number of rotatable bonds is 9. The Balaban J connectivity index is 1.40. The molecule has 3 saturated heterocycles. The van der Waals surface area contributed by atoms with Gasteiger partial charge in [0, 0.05) is 29.4 Å². The van der Waals surface area contributed by atoms with Crippen molar-refractivity contribution in [1.29, 1.82) is 0 Å². The van der Waals surface area contributed by atoms with Gasteiger partial charge >= 0.3 is 11.9 Å². The molecule has 250 valence electrons. The smallest absolute Gasteiger partial charge is 0.331 e. The Bertz CT molecular complexity index is 1610. The van der Waals surface area contributed by atoms with Crippen LogP contribution in [-0.4, -0.2) is 80.5 Å². The number of Topliss-reactive ketones (excluding diaryl/α,β-unsaturated/α-hetero) is 1. The maximum Gasteiger partial charge on any atom is 0.331 e. The summed E-state index contributed by atoms with van der Waals surface area (Å²) in [6.07, 6.45) is 9.29. The predicted octanol–water partition coefficient (Wildman–Crippen LogP) is 3.32. The van der Waals surface area contributed by atoms with Gasteiger partial charge in [-0.3, -0.25) is 4.79 Å². The number of carbonyl (C=O) groups is 2. The maximum absolute atomic E-state index is 13.8. The zero-order chi connectivity index (χ0) is 33.6. The average molecular weight is 647 g/mol. The summed E-state index contributed by atoms with van der Waals surface area (Å²) < 4.78 is 33.3. The number of fused-ring (bicyclic) bond motifs is 3. The first-order chi connectivity index (χ1) is 22.4. The van der Waals surface area contributed by atoms with E-state index in [1.807, 2.05) is 31.2 Å². The lowest BCUT2D eigenvalue weighted by molar-refractivity contribution is -0.440. The van der Waals surface area contributed by atoms with Crippen molar-refractivity contribution >= 4 is 11.8 Å². The van der Waals surface area contributed by atoms with Crippen LogP contribution in [0.4, 0.5) is 0 Å². The maximum atomic E-state index is 13.8. The molecule has 0 unspecified atom stereocenters. The number of unbranched alkanes of at least 4 members (excludes halogenated alkanes) is 1. The highest BCUT2D eigenvalue weighted by atomic mass is 16.9. The molecule has 7 rings (SSSR count). The molecule has 6 aliphatic rings. The van der Waals surface area contributed by atoms with Crippen molar-refractivity contribution < 1.29 is 48.6 Å². The van der Waals surface area contributed by atoms with Gasteiger partial charge in [0.1, 0.15) is 30.0 Å². The highest BCUT2D eigenvalue weighted by molar-refractivity contribution is 6.05. The Morgan fingerprint density at radius 1 is 1.09 bits per heavy atom. The molecular weight excluding hydrogens is 604 g/mol. The number of epoxide rings is 1. The van der Waals surface area contributed by atoms with E-state index in [2.05, 4.69) is 13.5 Å². The third kappa shape index (κ3) is 4.04. The van der Waals surface area contributed by atoms with Crippen LogP contribution in [0.25, 0.3) is 0 Å². The van der Waals surface area contributed by atoms with Gasteiger partial charge in [-0.15, -0.1) is 0 Å². The molecule has 1 aromatic carbocycles. The number of hydrogen-bond donors (Lipinski definition) is 3. The van der Waals surface area contributed by atoms with Gasteiger partial charge in [0.2, 0.25) is 0 Å². The molecule has 47 heavy (non-hydrogen) atoms. The second kappa shape index (κ2) is 10.9. The molecule has 2 saturated carbocycles. The quantitative estimate of drug-likeness (QED) is 0.120. The Kier molecular flexibility index (Phi) is 7.50. The Morgan fingerprint density at radius 2 is 1.81 bits per heavy atom. The van der Waals surface area contributed by atoms with Crippen LogP contribution in [0.1, 0.15) is 46.1 Å². The number of carbonyl (C=O) groups excluding carboxylic acids is 2. The van der Waals surface area contributed by atoms with Gasteiger partial charge in [-0.25, -0.2) is 4.79 Å². The zero-order valence-corrected chi connectivity index (χ0v) is 27.0. The number of benzene rings is 1. The van der Waals surface area contributed by atoms with E-state index in [9.17, 15) is 24.9 Å². The van der Waals surface area contributed by atoms with Gasteiger partial charge in [0.15, 0.2) is 17.0 Å². The van der Waals surface area contributed by atoms with E-state index < -0.39 is 88.9 Å². The highest BCUT2D eigenvalue weighted by Crippen LogP contribution is 2.74. The lowest BCUT2D eigenvalue weighted by Crippen LogP contribution is -2.76. The van der Waals surface area contributed by atoms with E-state index in [0.29, 0.717) is 11.1 Å². The van der Waals surface area contributed by atoms with Crippen molar-refractivity contribution in [2.24, 2.45) is 17.8 Å². The van der Waals surface area contributed by atoms with Crippen molar-refractivity contribution in [3.63, 3.8) is 0 Å². The summed E-state index contributed by atoms with van der Waals surface area (Å²) in [7, 11) is 0. The molecule has 3 aliphatic carbocycles. The summed E-state index contributed by atoms with van der Waals surface area (Å²) in [6, 6.07) is 9.01. The first-order valence-electron chi connectivity index (χ1n) is 16.3. The minimum absolute atomic E-state index is 0.231. The molecular formula is C37H42O10. The molecule has 3 heterocycles. The Hall–Kier alpha value is -3.22. The largest absolute Gasteiger partial charge is 0.455 e. The van der Waals surface area contributed by atoms with Crippen molar-refractivity contribution in [2.45, 2.75) is 93.3 Å². The number of esters is 1. The van der Waals surface area contributed by atoms with E-state index >= 15 is 0 Å². The molecule has 0 spiro atoms. The SMILES string of the molecule is C=C(C)[C@@]12O[C@@]3(c4ccccc4)O[C@@H]1[C@H]1[C@@H]4O[C@]4(CO)[C@@H](O)[C@]4(O)C(=O)C(C)=C[C@H]4[C@@]1(O3)[C@H](C)[C@H]2OC(=O)/C=C/C=C/C=C/CCC. The van der Waals surface area contributed by atoms with Crippen LogP contribution in [0.5, 0.6) is 0 Å². The van der Waals surface area contributed by atoms with Crippen molar-refractivity contribution in [3.05, 3.63) is 96.2 Å². The number of hydrogen-bond acceptors (Lipinski definition) is 10. The van der Waals surface area contributed by atoms with Gasteiger partial charge in [0.05, 0.1) is 12.2 Å². The molecule has 3 N–H and O–H groups in total. The molecule has 0 amide bonds. The van der Waals surface area contributed by atoms with Crippen molar-refractivity contribution in [1.82, 2.24) is 0 Å². The summed E-state index contributed by atoms with van der Waals surface area (Å²) >= 11 is 0. The van der Waals surface area contributed by atoms with Crippen LogP contribution in [0.3, 0.4) is 0 Å². The highest BCUT2D eigenvalue weighted by Gasteiger charge is 2.90. The van der Waals surface area contributed by atoms with Crippen LogP contribution < -0.4 is 0 Å². The third-order valence-corrected chi connectivity index (χ3v) is 11.3. The lowest BCUT2D eigenvalue weighted by atomic mass is 9.53. The molecule has 12 atom stereocenters. The van der Waals surface area contributed by atoms with Crippen molar-refractivity contribution in [2.75, 3.05) is 6.61 Å². The second-order valence-electron chi connectivity index (χ2n) is 13.8. The van der Waals surface area contributed by atoms with Gasteiger partial charge < -0.3 is 39.0 Å². The van der Waals surface area contributed by atoms with Gasteiger partial charge in [0.25, 0.3) is 0 Å². The van der Waals surface area contributed by atoms with Crippen LogP contribution in [0.15, 0.2) is 90.6 Å². The Labute approximate surface area is 274 Å². The molecule has 0 radical (unpaired) electrons. The standard InChI is InChI=1S/C37H42O10/c1-6-7-8-9-10-11-15-18-26(39)43-29-23(5)36-25-19-22(4)28(40)34(25,42)32(41)33(20-38)30(44-33)27(36)31-35(29,21(2)3)46-37(45-31,47-36)24-16-13-12-14-17-24/h8-19,23,25,27,29-32,38,41-42H,2,6-7,20H2,1,3-5H3/b9-8+,11-10+,18-15+/t23-,25-,27-,29-,30+,31-,32-,33+,34-,35+,36+,37-/m1/s1. The molecule has 0 aromatic heterocycles. The fourth-order valence-electron chi connectivity index (χ4n) is 9.08. The summed E-state index contributed by atoms with van der Waals surface area (Å²) in [6.45, 7) is 10.9. The van der Waals surface area contributed by atoms with Crippen LogP contribution in [-0.2, 0) is 39.2 Å². The van der Waals surface area contributed by atoms with Crippen LogP contribution >= 0.6 is 0 Å². The monoisotopic (exact) mass is 646 g/mol. The van der Waals surface area contributed by atoms with Gasteiger partial charge in [-0.1, -0.05) is 93.6 Å². The predicted molar refractivity (Wildman–Crippen MR) is 168 cm³/mol. The fourth-order valence-corrected chi connectivity index (χ4v) is 9.08. The topological polar surface area (TPSA) is 144 Å². The summed E-state index contributed by atoms with van der Waals surface area (Å²) in [5.74, 6) is -5.92. The zero-order valence-electron chi connectivity index (χ0n) is 27.0. The summed E-state index contributed by atoms with van der Waals surface area (Å²) in [5, 5.41) is 34.9. The average Bonchev–Trinajstić information content (AvgIpc) is 3.68. The fraction of sp³-hybridized carbons (Fsp3) is 0.514. The second-order valence-corrected chi connectivity index (χ2v) is 13.8. The lowest BCUT2D eigenvalue weighted by Gasteiger charge is -2.61. The third-order valence-electron chi connectivity index (χ3n) is 11.3. The first kappa shape index (κ1) is 32.3. The van der Waals surface area contributed by atoms with E-state index in [0.717, 1.165) is 12.8 Å². The van der Waals surface area contributed by atoms with Crippen molar-refractivity contribution in [3.8, 4) is 0 Å². The molecule has 5 fully saturated rings. The Morgan fingerprint density at radius 3 is 2.49 bits per heavy atom. The normalized spacial score (nSPS) is 46.0. The van der Waals surface area contributed by atoms with E-state index in [4.69, 9.17) is 23.7 Å². The molecule has 10 nitrogen and oxygen atoms in total. The number of allylic oxidation sites excluding steroid dienone is 5. The number of aliphatic hydroxyl groups excluding tert-OH is 2. The van der Waals surface area contributed by atoms with Gasteiger partial charge in [-0.05, 0) is 31.4 Å². The number of aliphatic hydroxyl groups is 3. The van der Waals surface area contributed by atoms with E-state index in [1.165, 1.54) is 6.08 Å². The van der Waals surface area contributed by atoms with Gasteiger partial charge in [-0.2, -0.15) is 0 Å². The first-order valence-corrected chi connectivity index (χ1v) is 16.3. The number of ether oxygens (including phenoxy) is 5. The molecule has 3 aliphatic heterocycles. The minimum Gasteiger partial charge on any atom is -0.455 e. The molecule has 10 heteroatoms. The summed E-state index contributed by atoms with van der Waals surface area (Å²) in [4.78, 5) is 27.4. The molecule has 3 bridgehead atoms. The molecule has 1 aromatic rings. The number of ketones is 1. The van der Waals surface area contributed by atoms with Crippen LogP contribution in [0, 0.1) is 17.8 Å². The summed E-state index contributed by atoms with van der Waals surface area (Å²) in [5.41, 5.74) is -5.90. The van der Waals surface area contributed by atoms with Crippen LogP contribution in [0.2, 0.25) is 0 Å². The van der Waals surface area contributed by atoms with E-state index in [1.54, 1.807) is 56.3 Å².